The van der Waals surface area contributed by atoms with Crippen LogP contribution in [-0.2, 0) is 5.75 Å². The van der Waals surface area contributed by atoms with Gasteiger partial charge in [0.25, 0.3) is 5.56 Å². The highest BCUT2D eigenvalue weighted by molar-refractivity contribution is 7.98. The number of halogens is 5. The van der Waals surface area contributed by atoms with Crippen LogP contribution >= 0.6 is 11.8 Å². The zero-order chi connectivity index (χ0) is 15.7. The van der Waals surface area contributed by atoms with Crippen molar-refractivity contribution in [1.29, 1.82) is 0 Å². The second-order valence-electron chi connectivity index (χ2n) is 4.03. The zero-order valence-electron chi connectivity index (χ0n) is 10.4. The quantitative estimate of drug-likeness (QED) is 0.311. The molecule has 0 saturated carbocycles. The van der Waals surface area contributed by atoms with Crippen molar-refractivity contribution in [3.05, 3.63) is 56.8 Å². The van der Waals surface area contributed by atoms with Gasteiger partial charge in [0.15, 0.2) is 28.4 Å². The van der Waals surface area contributed by atoms with Gasteiger partial charge in [-0.15, -0.1) is 0 Å². The van der Waals surface area contributed by atoms with E-state index < -0.39 is 46.0 Å². The smallest absolute Gasteiger partial charge is 0.251 e. The molecule has 2 rings (SSSR count). The molecule has 1 N–H and O–H groups in total. The van der Waals surface area contributed by atoms with Crippen molar-refractivity contribution in [3.8, 4) is 0 Å². The predicted octanol–water partition coefficient (Wildman–Crippen LogP) is 3.07. The Labute approximate surface area is 119 Å². The molecule has 0 bridgehead atoms. The molecule has 0 spiro atoms. The highest BCUT2D eigenvalue weighted by Gasteiger charge is 2.25. The van der Waals surface area contributed by atoms with E-state index in [2.05, 4.69) is 9.97 Å². The van der Waals surface area contributed by atoms with Crippen LogP contribution in [0, 0.1) is 36.0 Å². The van der Waals surface area contributed by atoms with E-state index in [0.717, 1.165) is 0 Å². The summed E-state index contributed by atoms with van der Waals surface area (Å²) in [6.07, 6.45) is 0. The molecule has 0 aliphatic heterocycles. The van der Waals surface area contributed by atoms with Crippen LogP contribution in [0.15, 0.2) is 16.0 Å². The van der Waals surface area contributed by atoms with Crippen LogP contribution in [-0.4, -0.2) is 9.97 Å². The molecule has 2 aromatic rings. The molecule has 0 amide bonds. The second-order valence-corrected chi connectivity index (χ2v) is 4.99. The van der Waals surface area contributed by atoms with Crippen molar-refractivity contribution < 1.29 is 22.0 Å². The van der Waals surface area contributed by atoms with Crippen molar-refractivity contribution >= 4 is 11.8 Å². The van der Waals surface area contributed by atoms with Crippen LogP contribution < -0.4 is 5.56 Å². The third-order valence-corrected chi connectivity index (χ3v) is 3.40. The maximum Gasteiger partial charge on any atom is 0.251 e. The Hall–Kier alpha value is -1.90. The summed E-state index contributed by atoms with van der Waals surface area (Å²) < 4.78 is 65.8. The molecule has 1 aromatic heterocycles. The lowest BCUT2D eigenvalue weighted by molar-refractivity contribution is 0.372. The lowest BCUT2D eigenvalue weighted by Gasteiger charge is -2.07. The summed E-state index contributed by atoms with van der Waals surface area (Å²) in [5, 5.41) is 0.0175. The normalized spacial score (nSPS) is 11.0. The third kappa shape index (κ3) is 3.07. The number of hydrogen-bond donors (Lipinski definition) is 1. The van der Waals surface area contributed by atoms with Crippen LogP contribution in [0.5, 0.6) is 0 Å². The van der Waals surface area contributed by atoms with E-state index in [0.29, 0.717) is 17.5 Å². The number of aromatic amines is 1. The SMILES string of the molecule is Cc1cc(=O)[nH]c(SCc2c(F)c(F)c(F)c(F)c2F)n1. The first kappa shape index (κ1) is 15.5. The molecule has 0 saturated heterocycles. The molecular formula is C12H7F5N2OS. The fourth-order valence-corrected chi connectivity index (χ4v) is 2.45. The number of nitrogens with zero attached hydrogens (tertiary/aromatic N) is 1. The van der Waals surface area contributed by atoms with Gasteiger partial charge in [0.2, 0.25) is 5.82 Å². The van der Waals surface area contributed by atoms with Crippen LogP contribution in [0.2, 0.25) is 0 Å². The summed E-state index contributed by atoms with van der Waals surface area (Å²) in [6.45, 7) is 1.53. The first-order valence-corrected chi connectivity index (χ1v) is 6.51. The molecule has 0 fully saturated rings. The molecule has 3 nitrogen and oxygen atoms in total. The minimum absolute atomic E-state index is 0.0175. The van der Waals surface area contributed by atoms with Crippen LogP contribution in [0.1, 0.15) is 11.3 Å². The number of rotatable bonds is 3. The summed E-state index contributed by atoms with van der Waals surface area (Å²) in [5.41, 5.74) is -1.10. The van der Waals surface area contributed by atoms with Crippen LogP contribution in [0.4, 0.5) is 22.0 Å². The highest BCUT2D eigenvalue weighted by Crippen LogP contribution is 2.27. The van der Waals surface area contributed by atoms with Crippen molar-refractivity contribution in [2.24, 2.45) is 0 Å². The van der Waals surface area contributed by atoms with E-state index >= 15 is 0 Å². The van der Waals surface area contributed by atoms with E-state index in [1.54, 1.807) is 0 Å². The van der Waals surface area contributed by atoms with Crippen LogP contribution in [0.3, 0.4) is 0 Å². The molecule has 0 radical (unpaired) electrons. The Morgan fingerprint density at radius 2 is 1.57 bits per heavy atom. The number of aromatic nitrogens is 2. The summed E-state index contributed by atoms with van der Waals surface area (Å²) in [6, 6.07) is 1.20. The lowest BCUT2D eigenvalue weighted by atomic mass is 10.2. The first-order chi connectivity index (χ1) is 9.81. The Bertz CT molecular complexity index is 733. The molecule has 0 aliphatic carbocycles. The molecule has 0 unspecified atom stereocenters. The lowest BCUT2D eigenvalue weighted by Crippen LogP contribution is -2.09. The Morgan fingerprint density at radius 3 is 2.10 bits per heavy atom. The number of hydrogen-bond acceptors (Lipinski definition) is 3. The van der Waals surface area contributed by atoms with Crippen LogP contribution in [0.25, 0.3) is 0 Å². The zero-order valence-corrected chi connectivity index (χ0v) is 11.3. The Balaban J connectivity index is 2.34. The summed E-state index contributed by atoms with van der Waals surface area (Å²) in [4.78, 5) is 17.3. The van der Waals surface area contributed by atoms with Crippen molar-refractivity contribution in [2.75, 3.05) is 0 Å². The van der Waals surface area contributed by atoms with Gasteiger partial charge in [-0.05, 0) is 6.92 Å². The van der Waals surface area contributed by atoms with Gasteiger partial charge in [0, 0.05) is 23.1 Å². The fraction of sp³-hybridized carbons (Fsp3) is 0.167. The monoisotopic (exact) mass is 322 g/mol. The van der Waals surface area contributed by atoms with Gasteiger partial charge in [0.1, 0.15) is 0 Å². The van der Waals surface area contributed by atoms with Gasteiger partial charge >= 0.3 is 0 Å². The highest BCUT2D eigenvalue weighted by atomic mass is 32.2. The summed E-state index contributed by atoms with van der Waals surface area (Å²) >= 11 is 0.651. The number of benzene rings is 1. The fourth-order valence-electron chi connectivity index (χ4n) is 1.54. The van der Waals surface area contributed by atoms with E-state index in [9.17, 15) is 26.7 Å². The molecule has 1 heterocycles. The first-order valence-electron chi connectivity index (χ1n) is 5.52. The molecule has 21 heavy (non-hydrogen) atoms. The average molecular weight is 322 g/mol. The van der Waals surface area contributed by atoms with E-state index in [-0.39, 0.29) is 5.16 Å². The summed E-state index contributed by atoms with van der Waals surface area (Å²) in [7, 11) is 0. The predicted molar refractivity (Wildman–Crippen MR) is 65.4 cm³/mol. The van der Waals surface area contributed by atoms with Gasteiger partial charge in [-0.25, -0.2) is 26.9 Å². The van der Waals surface area contributed by atoms with Gasteiger partial charge in [-0.2, -0.15) is 0 Å². The molecule has 9 heteroatoms. The van der Waals surface area contributed by atoms with Crippen molar-refractivity contribution in [2.45, 2.75) is 17.8 Å². The number of nitrogens with one attached hydrogen (secondary N) is 1. The molecular weight excluding hydrogens is 315 g/mol. The summed E-state index contributed by atoms with van der Waals surface area (Å²) in [5.74, 6) is -10.6. The Kier molecular flexibility index (Phi) is 4.31. The Morgan fingerprint density at radius 1 is 1.05 bits per heavy atom. The molecule has 112 valence electrons. The topological polar surface area (TPSA) is 45.8 Å². The maximum absolute atomic E-state index is 13.4. The van der Waals surface area contributed by atoms with Gasteiger partial charge < -0.3 is 4.98 Å². The molecule has 1 aromatic carbocycles. The van der Waals surface area contributed by atoms with Crippen molar-refractivity contribution in [1.82, 2.24) is 9.97 Å². The molecule has 0 aliphatic rings. The van der Waals surface area contributed by atoms with Gasteiger partial charge in [-0.1, -0.05) is 11.8 Å². The number of thioether (sulfide) groups is 1. The van der Waals surface area contributed by atoms with E-state index in [4.69, 9.17) is 0 Å². The van der Waals surface area contributed by atoms with E-state index in [1.165, 1.54) is 13.0 Å². The second kappa shape index (κ2) is 5.84. The maximum atomic E-state index is 13.4. The standard InChI is InChI=1S/C12H7F5N2OS/c1-4-2-6(20)19-12(18-4)21-3-5-7(13)9(15)11(17)10(16)8(5)14/h2H,3H2,1H3,(H,18,19,20). The van der Waals surface area contributed by atoms with Gasteiger partial charge in [0.05, 0.1) is 0 Å². The van der Waals surface area contributed by atoms with E-state index in [1.807, 2.05) is 0 Å². The third-order valence-electron chi connectivity index (χ3n) is 2.50. The molecule has 0 atom stereocenters. The largest absolute Gasteiger partial charge is 0.301 e. The minimum atomic E-state index is -2.21. The number of H-pyrrole nitrogens is 1. The minimum Gasteiger partial charge on any atom is -0.301 e. The van der Waals surface area contributed by atoms with Gasteiger partial charge in [-0.3, -0.25) is 4.79 Å². The van der Waals surface area contributed by atoms with Crippen molar-refractivity contribution in [3.63, 3.8) is 0 Å². The average Bonchev–Trinajstić information content (AvgIpc) is 2.42. The number of aryl methyl sites for hydroxylation is 1.